The van der Waals surface area contributed by atoms with Gasteiger partial charge in [0, 0.05) is 19.6 Å². The van der Waals surface area contributed by atoms with E-state index < -0.39 is 17.3 Å². The van der Waals surface area contributed by atoms with E-state index >= 15 is 4.39 Å². The number of fused-ring (bicyclic) bond motifs is 2. The van der Waals surface area contributed by atoms with E-state index in [0.717, 1.165) is 31.1 Å². The fraction of sp³-hybridized carbons (Fsp3) is 0.500. The number of hydrogen-bond acceptors (Lipinski definition) is 5. The van der Waals surface area contributed by atoms with Gasteiger partial charge in [-0.2, -0.15) is 0 Å². The van der Waals surface area contributed by atoms with Gasteiger partial charge in [0.2, 0.25) is 0 Å². The number of carboxylic acid groups (broad SMARTS) is 1. The number of anilines is 1. The van der Waals surface area contributed by atoms with E-state index in [1.807, 2.05) is 11.8 Å². The fourth-order valence-electron chi connectivity index (χ4n) is 4.67. The highest BCUT2D eigenvalue weighted by Crippen LogP contribution is 2.44. The maximum atomic E-state index is 15.2. The molecule has 0 bridgehead atoms. The molecule has 3 fully saturated rings. The topological polar surface area (TPSA) is 83.3 Å². The minimum Gasteiger partial charge on any atom is -0.477 e. The summed E-state index contributed by atoms with van der Waals surface area (Å²) in [5.74, 6) is -1.58. The molecule has 0 spiro atoms. The van der Waals surface area contributed by atoms with Crippen LogP contribution in [0.3, 0.4) is 0 Å². The van der Waals surface area contributed by atoms with Crippen molar-refractivity contribution in [2.24, 2.45) is 0 Å². The van der Waals surface area contributed by atoms with Crippen LogP contribution in [0.4, 0.5) is 10.1 Å². The second kappa shape index (κ2) is 6.28. The number of aryl methyl sites for hydroxylation is 1. The van der Waals surface area contributed by atoms with Crippen LogP contribution in [-0.4, -0.2) is 53.9 Å². The summed E-state index contributed by atoms with van der Waals surface area (Å²) in [4.78, 5) is 26.2. The third kappa shape index (κ3) is 2.62. The van der Waals surface area contributed by atoms with E-state index in [1.165, 1.54) is 10.5 Å². The molecular formula is C20H22FN3O4. The Labute approximate surface area is 160 Å². The van der Waals surface area contributed by atoms with Crippen LogP contribution in [0, 0.1) is 12.7 Å². The zero-order valence-corrected chi connectivity index (χ0v) is 15.6. The van der Waals surface area contributed by atoms with Gasteiger partial charge in [0.25, 0.3) is 5.56 Å². The van der Waals surface area contributed by atoms with Crippen LogP contribution in [-0.2, 0) is 4.74 Å². The van der Waals surface area contributed by atoms with Gasteiger partial charge in [-0.15, -0.1) is 0 Å². The number of pyridine rings is 2. The molecule has 0 radical (unpaired) electrons. The summed E-state index contributed by atoms with van der Waals surface area (Å²) >= 11 is 0. The predicted octanol–water partition coefficient (Wildman–Crippen LogP) is 1.50. The Bertz CT molecular complexity index is 1030. The first kappa shape index (κ1) is 17.6. The van der Waals surface area contributed by atoms with Crippen LogP contribution in [0.5, 0.6) is 0 Å². The Morgan fingerprint density at radius 3 is 2.82 bits per heavy atom. The summed E-state index contributed by atoms with van der Waals surface area (Å²) in [6.07, 6.45) is 3.06. The molecule has 0 unspecified atom stereocenters. The van der Waals surface area contributed by atoms with Gasteiger partial charge in [0.15, 0.2) is 5.82 Å². The molecule has 3 aliphatic rings. The number of halogens is 1. The predicted molar refractivity (Wildman–Crippen MR) is 101 cm³/mol. The van der Waals surface area contributed by atoms with E-state index in [2.05, 4.69) is 5.32 Å². The van der Waals surface area contributed by atoms with Gasteiger partial charge in [-0.25, -0.2) is 9.18 Å². The summed E-state index contributed by atoms with van der Waals surface area (Å²) in [7, 11) is 0. The fourth-order valence-corrected chi connectivity index (χ4v) is 4.67. The molecule has 2 aromatic heterocycles. The number of carbonyl (C=O) groups is 1. The van der Waals surface area contributed by atoms with E-state index in [9.17, 15) is 14.7 Å². The number of carboxylic acids is 1. The number of aromatic nitrogens is 1. The van der Waals surface area contributed by atoms with Gasteiger partial charge in [-0.05, 0) is 42.9 Å². The number of nitrogens with one attached hydrogen (secondary N) is 1. The standard InChI is InChI=1S/C20H22FN3O4/c1-10-17-12(11-2-3-11)6-13(20(26)27)19(25)24(17)7-14(21)18(10)23-8-15-16(9-23)28-5-4-22-15/h6-7,11,15-16,22H,2-5,8-9H2,1H3,(H,26,27)/t15-,16+/m1/s1. The highest BCUT2D eigenvalue weighted by molar-refractivity contribution is 5.89. The third-order valence-electron chi connectivity index (χ3n) is 6.11. The van der Waals surface area contributed by atoms with Crippen molar-refractivity contribution in [3.05, 3.63) is 45.1 Å². The molecule has 0 amide bonds. The molecule has 4 heterocycles. The maximum Gasteiger partial charge on any atom is 0.341 e. The summed E-state index contributed by atoms with van der Waals surface area (Å²) in [6.45, 7) is 4.47. The molecule has 0 aromatic carbocycles. The summed E-state index contributed by atoms with van der Waals surface area (Å²) in [6, 6.07) is 1.64. The lowest BCUT2D eigenvalue weighted by molar-refractivity contribution is 0.0212. The van der Waals surface area contributed by atoms with Gasteiger partial charge in [-0.1, -0.05) is 0 Å². The Balaban J connectivity index is 1.70. The van der Waals surface area contributed by atoms with Crippen molar-refractivity contribution in [1.29, 1.82) is 0 Å². The average molecular weight is 387 g/mol. The van der Waals surface area contributed by atoms with Gasteiger partial charge in [0.05, 0.1) is 36.2 Å². The van der Waals surface area contributed by atoms with Crippen molar-refractivity contribution in [2.75, 3.05) is 31.1 Å². The van der Waals surface area contributed by atoms with Crippen molar-refractivity contribution in [3.8, 4) is 0 Å². The maximum absolute atomic E-state index is 15.2. The van der Waals surface area contributed by atoms with Crippen LogP contribution < -0.4 is 15.8 Å². The molecule has 5 rings (SSSR count). The average Bonchev–Trinajstić information content (AvgIpc) is 3.41. The monoisotopic (exact) mass is 387 g/mol. The smallest absolute Gasteiger partial charge is 0.341 e. The number of ether oxygens (including phenoxy) is 1. The van der Waals surface area contributed by atoms with Crippen LogP contribution in [0.1, 0.15) is 40.2 Å². The minimum atomic E-state index is -1.28. The van der Waals surface area contributed by atoms with Gasteiger partial charge >= 0.3 is 5.97 Å². The summed E-state index contributed by atoms with van der Waals surface area (Å²) in [5.41, 5.74) is 1.61. The lowest BCUT2D eigenvalue weighted by Crippen LogP contribution is -2.47. The quantitative estimate of drug-likeness (QED) is 0.831. The molecule has 1 saturated carbocycles. The van der Waals surface area contributed by atoms with Crippen LogP contribution in [0.15, 0.2) is 17.1 Å². The van der Waals surface area contributed by atoms with Crippen LogP contribution in [0.25, 0.3) is 5.52 Å². The van der Waals surface area contributed by atoms with Crippen molar-refractivity contribution >= 4 is 17.2 Å². The normalized spacial score (nSPS) is 24.6. The van der Waals surface area contributed by atoms with E-state index in [1.54, 1.807) is 0 Å². The molecule has 28 heavy (non-hydrogen) atoms. The largest absolute Gasteiger partial charge is 0.477 e. The molecule has 2 saturated heterocycles. The van der Waals surface area contributed by atoms with Gasteiger partial charge < -0.3 is 20.1 Å². The zero-order valence-electron chi connectivity index (χ0n) is 15.6. The minimum absolute atomic E-state index is 0.0169. The van der Waals surface area contributed by atoms with Crippen LogP contribution in [0.2, 0.25) is 0 Å². The third-order valence-corrected chi connectivity index (χ3v) is 6.11. The Morgan fingerprint density at radius 2 is 2.14 bits per heavy atom. The summed E-state index contributed by atoms with van der Waals surface area (Å²) < 4.78 is 22.2. The molecule has 2 aliphatic heterocycles. The first-order chi connectivity index (χ1) is 13.5. The van der Waals surface area contributed by atoms with Crippen molar-refractivity contribution in [1.82, 2.24) is 9.72 Å². The molecule has 2 atom stereocenters. The van der Waals surface area contributed by atoms with Gasteiger partial charge in [-0.3, -0.25) is 9.20 Å². The highest BCUT2D eigenvalue weighted by atomic mass is 19.1. The van der Waals surface area contributed by atoms with E-state index in [-0.39, 0.29) is 23.6 Å². The summed E-state index contributed by atoms with van der Waals surface area (Å²) in [5, 5.41) is 12.8. The molecule has 8 heteroatoms. The SMILES string of the molecule is Cc1c(N2C[C@@H]3OCCN[C@@H]3C2)c(F)cn2c(=O)c(C(=O)O)cc(C3CC3)c12. The molecule has 1 aliphatic carbocycles. The second-order valence-electron chi connectivity index (χ2n) is 7.94. The van der Waals surface area contributed by atoms with Crippen molar-refractivity contribution < 1.29 is 19.0 Å². The first-order valence-electron chi connectivity index (χ1n) is 9.67. The van der Waals surface area contributed by atoms with Crippen molar-refractivity contribution in [3.63, 3.8) is 0 Å². The number of aromatic carboxylic acids is 1. The zero-order chi connectivity index (χ0) is 19.6. The number of rotatable bonds is 3. The molecule has 2 aromatic rings. The second-order valence-corrected chi connectivity index (χ2v) is 7.94. The number of hydrogen-bond donors (Lipinski definition) is 2. The van der Waals surface area contributed by atoms with Crippen molar-refractivity contribution in [2.45, 2.75) is 37.8 Å². The molecule has 7 nitrogen and oxygen atoms in total. The van der Waals surface area contributed by atoms with Gasteiger partial charge in [0.1, 0.15) is 5.56 Å². The first-order valence-corrected chi connectivity index (χ1v) is 9.67. The number of nitrogens with zero attached hydrogens (tertiary/aromatic N) is 2. The molecule has 148 valence electrons. The van der Waals surface area contributed by atoms with E-state index in [0.29, 0.717) is 36.5 Å². The lowest BCUT2D eigenvalue weighted by Gasteiger charge is -2.25. The Morgan fingerprint density at radius 1 is 1.36 bits per heavy atom. The van der Waals surface area contributed by atoms with E-state index in [4.69, 9.17) is 4.74 Å². The highest BCUT2D eigenvalue weighted by Gasteiger charge is 2.38. The molecule has 2 N–H and O–H groups in total. The lowest BCUT2D eigenvalue weighted by atomic mass is 10.0. The Kier molecular flexibility index (Phi) is 3.96. The Hall–Kier alpha value is -2.45. The van der Waals surface area contributed by atoms with Crippen LogP contribution >= 0.6 is 0 Å². The molecular weight excluding hydrogens is 365 g/mol. The number of morpholine rings is 1.